The number of aliphatic hydroxyl groups is 2. The molecule has 0 aliphatic heterocycles. The van der Waals surface area contributed by atoms with Crippen molar-refractivity contribution >= 4 is 6.29 Å². The standard InChI is InChI=1S/C24H30O5/c1-22-9-8-20-17(7-11-24(28)12-16(26)6-10-23(20,24)14-25)19(22)4-3-18(22)15-2-5-21(27)29-13-15/h2,4-5,13-14,16-18,20,26,28H,3,6-12H2,1H3/t16?,17?,18-,20-,22+,23-,24?/m0/s1. The van der Waals surface area contributed by atoms with Gasteiger partial charge in [0.1, 0.15) is 6.29 Å². The SMILES string of the molecule is C[C@]12CC[C@H]3C(CCC4(O)CC(O)CC[C@]34C=O)C1=CC[C@H]2c1ccc(=O)oc1. The van der Waals surface area contributed by atoms with Crippen molar-refractivity contribution in [3.63, 3.8) is 0 Å². The zero-order valence-corrected chi connectivity index (χ0v) is 17.0. The molecule has 1 aromatic rings. The second-order valence-corrected chi connectivity index (χ2v) is 10.1. The number of hydrogen-bond donors (Lipinski definition) is 2. The summed E-state index contributed by atoms with van der Waals surface area (Å²) < 4.78 is 5.15. The molecule has 3 fully saturated rings. The largest absolute Gasteiger partial charge is 0.431 e. The number of aliphatic hydroxyl groups excluding tert-OH is 1. The van der Waals surface area contributed by atoms with Gasteiger partial charge in [0, 0.05) is 12.5 Å². The summed E-state index contributed by atoms with van der Waals surface area (Å²) in [5.74, 6) is 0.720. The number of rotatable bonds is 2. The highest BCUT2D eigenvalue weighted by atomic mass is 16.4. The first-order chi connectivity index (χ1) is 13.8. The number of allylic oxidation sites excluding steroid dienone is 2. The van der Waals surface area contributed by atoms with Gasteiger partial charge in [0.2, 0.25) is 0 Å². The molecule has 5 heteroatoms. The van der Waals surface area contributed by atoms with E-state index in [-0.39, 0.29) is 22.9 Å². The summed E-state index contributed by atoms with van der Waals surface area (Å²) in [6, 6.07) is 3.39. The summed E-state index contributed by atoms with van der Waals surface area (Å²) in [4.78, 5) is 23.9. The van der Waals surface area contributed by atoms with Gasteiger partial charge in [0.25, 0.3) is 0 Å². The number of carbonyl (C=O) groups is 1. The quantitative estimate of drug-likeness (QED) is 0.589. The molecule has 1 heterocycles. The minimum atomic E-state index is -1.08. The van der Waals surface area contributed by atoms with Crippen LogP contribution in [0.15, 0.2) is 39.3 Å². The summed E-state index contributed by atoms with van der Waals surface area (Å²) in [5, 5.41) is 21.6. The average molecular weight is 398 g/mol. The Morgan fingerprint density at radius 1 is 1.17 bits per heavy atom. The molecule has 2 N–H and O–H groups in total. The Labute approximate surface area is 170 Å². The first-order valence-electron chi connectivity index (χ1n) is 11.0. The zero-order chi connectivity index (χ0) is 20.4. The lowest BCUT2D eigenvalue weighted by molar-refractivity contribution is -0.200. The predicted octanol–water partition coefficient (Wildman–Crippen LogP) is 3.34. The number of aldehydes is 1. The highest BCUT2D eigenvalue weighted by Gasteiger charge is 2.65. The lowest BCUT2D eigenvalue weighted by Gasteiger charge is -2.61. The van der Waals surface area contributed by atoms with Gasteiger partial charge in [-0.3, -0.25) is 0 Å². The fraction of sp³-hybridized carbons (Fsp3) is 0.667. The molecule has 0 spiro atoms. The van der Waals surface area contributed by atoms with Gasteiger partial charge in [-0.15, -0.1) is 0 Å². The molecule has 0 saturated heterocycles. The van der Waals surface area contributed by atoms with Crippen LogP contribution in [-0.4, -0.2) is 28.2 Å². The van der Waals surface area contributed by atoms with Crippen LogP contribution in [0.3, 0.4) is 0 Å². The predicted molar refractivity (Wildman–Crippen MR) is 107 cm³/mol. The van der Waals surface area contributed by atoms with Gasteiger partial charge in [-0.05, 0) is 79.7 Å². The smallest absolute Gasteiger partial charge is 0.335 e. The maximum atomic E-state index is 12.5. The number of fused-ring (bicyclic) bond motifs is 5. The van der Waals surface area contributed by atoms with E-state index >= 15 is 0 Å². The Balaban J connectivity index is 1.49. The molecule has 5 rings (SSSR count). The van der Waals surface area contributed by atoms with Crippen LogP contribution in [0.25, 0.3) is 0 Å². The van der Waals surface area contributed by atoms with Crippen LogP contribution in [0.4, 0.5) is 0 Å². The van der Waals surface area contributed by atoms with Gasteiger partial charge in [0.05, 0.1) is 23.4 Å². The van der Waals surface area contributed by atoms with Crippen LogP contribution < -0.4 is 5.63 Å². The Bertz CT molecular complexity index is 898. The molecular weight excluding hydrogens is 368 g/mol. The Morgan fingerprint density at radius 3 is 2.72 bits per heavy atom. The Hall–Kier alpha value is -1.72. The monoisotopic (exact) mass is 398 g/mol. The molecule has 4 aliphatic rings. The van der Waals surface area contributed by atoms with Crippen LogP contribution in [0.5, 0.6) is 0 Å². The van der Waals surface area contributed by atoms with Crippen molar-refractivity contribution < 1.29 is 19.4 Å². The molecule has 0 aromatic carbocycles. The summed E-state index contributed by atoms with van der Waals surface area (Å²) in [6.07, 6.45) is 10.2. The van der Waals surface area contributed by atoms with Gasteiger partial charge in [0.15, 0.2) is 0 Å². The van der Waals surface area contributed by atoms with Crippen molar-refractivity contribution in [1.82, 2.24) is 0 Å². The van der Waals surface area contributed by atoms with E-state index in [1.165, 1.54) is 11.6 Å². The van der Waals surface area contributed by atoms with Crippen LogP contribution in [-0.2, 0) is 4.79 Å². The van der Waals surface area contributed by atoms with E-state index in [1.54, 1.807) is 6.26 Å². The van der Waals surface area contributed by atoms with E-state index in [0.29, 0.717) is 31.6 Å². The fourth-order valence-corrected chi connectivity index (χ4v) is 7.59. The number of hydrogen-bond acceptors (Lipinski definition) is 5. The van der Waals surface area contributed by atoms with E-state index < -0.39 is 17.1 Å². The zero-order valence-electron chi connectivity index (χ0n) is 17.0. The molecule has 4 aliphatic carbocycles. The minimum absolute atomic E-state index is 0.00516. The molecule has 156 valence electrons. The highest BCUT2D eigenvalue weighted by Crippen LogP contribution is 2.67. The molecule has 0 bridgehead atoms. The van der Waals surface area contributed by atoms with Crippen LogP contribution in [0.2, 0.25) is 0 Å². The summed E-state index contributed by atoms with van der Waals surface area (Å²) in [5.41, 5.74) is 0.342. The van der Waals surface area contributed by atoms with E-state index in [4.69, 9.17) is 4.42 Å². The normalized spacial score (nSPS) is 46.2. The molecule has 3 saturated carbocycles. The van der Waals surface area contributed by atoms with Gasteiger partial charge < -0.3 is 19.4 Å². The van der Waals surface area contributed by atoms with E-state index in [0.717, 1.165) is 37.5 Å². The molecule has 0 radical (unpaired) electrons. The minimum Gasteiger partial charge on any atom is -0.431 e. The summed E-state index contributed by atoms with van der Waals surface area (Å²) in [7, 11) is 0. The Morgan fingerprint density at radius 2 is 2.00 bits per heavy atom. The van der Waals surface area contributed by atoms with Crippen LogP contribution in [0.1, 0.15) is 69.8 Å². The topological polar surface area (TPSA) is 87.7 Å². The second-order valence-electron chi connectivity index (χ2n) is 10.1. The van der Waals surface area contributed by atoms with Crippen molar-refractivity contribution in [2.24, 2.45) is 22.7 Å². The second kappa shape index (κ2) is 6.39. The third-order valence-electron chi connectivity index (χ3n) is 9.06. The fourth-order valence-electron chi connectivity index (χ4n) is 7.59. The molecular formula is C24H30O5. The molecule has 7 atom stereocenters. The van der Waals surface area contributed by atoms with Crippen molar-refractivity contribution in [3.8, 4) is 0 Å². The van der Waals surface area contributed by atoms with Gasteiger partial charge in [-0.25, -0.2) is 4.79 Å². The maximum Gasteiger partial charge on any atom is 0.335 e. The lowest BCUT2D eigenvalue weighted by Crippen LogP contribution is -2.64. The van der Waals surface area contributed by atoms with Gasteiger partial charge >= 0.3 is 5.63 Å². The lowest BCUT2D eigenvalue weighted by atomic mass is 9.44. The van der Waals surface area contributed by atoms with Crippen molar-refractivity contribution in [1.29, 1.82) is 0 Å². The first kappa shape index (κ1) is 19.3. The molecule has 1 aromatic heterocycles. The van der Waals surface area contributed by atoms with Crippen molar-refractivity contribution in [2.75, 3.05) is 0 Å². The molecule has 3 unspecified atom stereocenters. The highest BCUT2D eigenvalue weighted by molar-refractivity contribution is 5.64. The van der Waals surface area contributed by atoms with Crippen LogP contribution >= 0.6 is 0 Å². The maximum absolute atomic E-state index is 12.5. The molecule has 0 amide bonds. The number of carbonyl (C=O) groups excluding carboxylic acids is 1. The molecule has 5 nitrogen and oxygen atoms in total. The van der Waals surface area contributed by atoms with Gasteiger partial charge in [-0.2, -0.15) is 0 Å². The summed E-state index contributed by atoms with van der Waals surface area (Å²) in [6.45, 7) is 2.32. The Kier molecular flexibility index (Phi) is 4.24. The van der Waals surface area contributed by atoms with Crippen molar-refractivity contribution in [3.05, 3.63) is 46.0 Å². The van der Waals surface area contributed by atoms with E-state index in [2.05, 4.69) is 13.0 Å². The van der Waals surface area contributed by atoms with Crippen LogP contribution in [0, 0.1) is 22.7 Å². The van der Waals surface area contributed by atoms with E-state index in [9.17, 15) is 19.8 Å². The molecule has 29 heavy (non-hydrogen) atoms. The van der Waals surface area contributed by atoms with Gasteiger partial charge in [-0.1, -0.05) is 18.6 Å². The van der Waals surface area contributed by atoms with Crippen molar-refractivity contribution in [2.45, 2.75) is 75.9 Å². The third kappa shape index (κ3) is 2.53. The van der Waals surface area contributed by atoms with E-state index in [1.807, 2.05) is 6.07 Å². The third-order valence-corrected chi connectivity index (χ3v) is 9.06. The average Bonchev–Trinajstić information content (AvgIpc) is 3.05. The first-order valence-corrected chi connectivity index (χ1v) is 11.0. The summed E-state index contributed by atoms with van der Waals surface area (Å²) >= 11 is 0.